The molecule has 3 atom stereocenters. The highest BCUT2D eigenvalue weighted by molar-refractivity contribution is 5.93. The van der Waals surface area contributed by atoms with Crippen LogP contribution in [0.5, 0.6) is 0 Å². The van der Waals surface area contributed by atoms with E-state index in [2.05, 4.69) is 10.6 Å². The molecule has 2 heterocycles. The Morgan fingerprint density at radius 3 is 2.31 bits per heavy atom. The van der Waals surface area contributed by atoms with Gasteiger partial charge in [0.05, 0.1) is 6.04 Å². The average Bonchev–Trinajstić information content (AvgIpc) is 3.18. The number of hydrogen-bond acceptors (Lipinski definition) is 4. The molecule has 0 spiro atoms. The van der Waals surface area contributed by atoms with Gasteiger partial charge in [0.25, 0.3) is 0 Å². The third kappa shape index (κ3) is 6.08. The first-order chi connectivity index (χ1) is 13.4. The van der Waals surface area contributed by atoms with Crippen molar-refractivity contribution in [1.82, 2.24) is 20.4 Å². The van der Waals surface area contributed by atoms with Crippen molar-refractivity contribution in [3.05, 3.63) is 0 Å². The number of urea groups is 1. The lowest BCUT2D eigenvalue weighted by atomic mass is 9.91. The topological polar surface area (TPSA) is 125 Å². The number of likely N-dealkylation sites (tertiary alicyclic amines) is 2. The molecule has 2 aliphatic heterocycles. The summed E-state index contributed by atoms with van der Waals surface area (Å²) in [5.41, 5.74) is 5.24. The lowest BCUT2D eigenvalue weighted by Crippen LogP contribution is -2.52. The molecule has 29 heavy (non-hydrogen) atoms. The van der Waals surface area contributed by atoms with E-state index in [1.807, 2.05) is 34.6 Å². The molecule has 0 aromatic carbocycles. The molecule has 0 saturated carbocycles. The lowest BCUT2D eigenvalue weighted by Gasteiger charge is -2.31. The van der Waals surface area contributed by atoms with Crippen molar-refractivity contribution in [1.29, 1.82) is 0 Å². The Bertz CT molecular complexity index is 658. The SMILES string of the molecule is CC(C)NC(=O)NC1CC(C(=O)N2CCCC2C(N)=O)N(C(=O)CC(C)(C)C)C1. The van der Waals surface area contributed by atoms with Crippen LogP contribution in [0.2, 0.25) is 0 Å². The van der Waals surface area contributed by atoms with Gasteiger partial charge in [0.15, 0.2) is 0 Å². The quantitative estimate of drug-likeness (QED) is 0.614. The summed E-state index contributed by atoms with van der Waals surface area (Å²) in [6.07, 6.45) is 1.87. The fourth-order valence-corrected chi connectivity index (χ4v) is 4.01. The van der Waals surface area contributed by atoms with Crippen LogP contribution in [-0.4, -0.2) is 70.8 Å². The van der Waals surface area contributed by atoms with Gasteiger partial charge in [-0.1, -0.05) is 20.8 Å². The van der Waals surface area contributed by atoms with Crippen molar-refractivity contribution < 1.29 is 19.2 Å². The number of nitrogens with zero attached hydrogens (tertiary/aromatic N) is 2. The number of amides is 5. The molecule has 0 radical (unpaired) electrons. The molecule has 0 bridgehead atoms. The second-order valence-corrected chi connectivity index (χ2v) is 9.60. The monoisotopic (exact) mass is 409 g/mol. The maximum atomic E-state index is 13.2. The molecular formula is C20H35N5O4. The zero-order chi connectivity index (χ0) is 21.9. The zero-order valence-corrected chi connectivity index (χ0v) is 18.2. The van der Waals surface area contributed by atoms with E-state index in [9.17, 15) is 19.2 Å². The van der Waals surface area contributed by atoms with Gasteiger partial charge in [-0.15, -0.1) is 0 Å². The van der Waals surface area contributed by atoms with Gasteiger partial charge in [-0.3, -0.25) is 14.4 Å². The van der Waals surface area contributed by atoms with Crippen molar-refractivity contribution in [2.24, 2.45) is 11.1 Å². The fourth-order valence-electron chi connectivity index (χ4n) is 4.01. The minimum Gasteiger partial charge on any atom is -0.368 e. The minimum atomic E-state index is -0.700. The summed E-state index contributed by atoms with van der Waals surface area (Å²) >= 11 is 0. The number of hydrogen-bond donors (Lipinski definition) is 3. The van der Waals surface area contributed by atoms with Crippen LogP contribution >= 0.6 is 0 Å². The first-order valence-corrected chi connectivity index (χ1v) is 10.4. The van der Waals surface area contributed by atoms with Gasteiger partial charge in [-0.25, -0.2) is 4.79 Å². The van der Waals surface area contributed by atoms with Crippen LogP contribution in [0.4, 0.5) is 4.79 Å². The molecule has 3 unspecified atom stereocenters. The summed E-state index contributed by atoms with van der Waals surface area (Å²) < 4.78 is 0. The summed E-state index contributed by atoms with van der Waals surface area (Å²) in [5.74, 6) is -0.909. The Balaban J connectivity index is 2.18. The highest BCUT2D eigenvalue weighted by Crippen LogP contribution is 2.28. The largest absolute Gasteiger partial charge is 0.368 e. The Morgan fingerprint density at radius 2 is 1.76 bits per heavy atom. The number of carbonyl (C=O) groups is 4. The van der Waals surface area contributed by atoms with Crippen LogP contribution in [0, 0.1) is 5.41 Å². The summed E-state index contributed by atoms with van der Waals surface area (Å²) in [6, 6.07) is -2.00. The maximum Gasteiger partial charge on any atom is 0.315 e. The summed E-state index contributed by atoms with van der Waals surface area (Å²) in [4.78, 5) is 53.1. The second kappa shape index (κ2) is 9.00. The van der Waals surface area contributed by atoms with Crippen molar-refractivity contribution in [3.63, 3.8) is 0 Å². The average molecular weight is 410 g/mol. The molecule has 2 fully saturated rings. The van der Waals surface area contributed by atoms with E-state index in [4.69, 9.17) is 5.73 Å². The molecular weight excluding hydrogens is 374 g/mol. The first-order valence-electron chi connectivity index (χ1n) is 10.4. The molecule has 2 aliphatic rings. The first kappa shape index (κ1) is 23.0. The molecule has 9 nitrogen and oxygen atoms in total. The van der Waals surface area contributed by atoms with Crippen molar-refractivity contribution >= 4 is 23.8 Å². The molecule has 0 aromatic rings. The number of carbonyl (C=O) groups excluding carboxylic acids is 4. The van der Waals surface area contributed by atoms with Crippen molar-refractivity contribution in [3.8, 4) is 0 Å². The van der Waals surface area contributed by atoms with E-state index in [0.29, 0.717) is 32.2 Å². The van der Waals surface area contributed by atoms with E-state index in [1.54, 1.807) is 4.90 Å². The standard InChI is InChI=1S/C20H35N5O4/c1-12(2)22-19(29)23-13-9-15(25(11-13)16(26)10-20(3,4)5)18(28)24-8-6-7-14(24)17(21)27/h12-15H,6-11H2,1-5H3,(H2,21,27)(H2,22,23,29). The van der Waals surface area contributed by atoms with Gasteiger partial charge in [0.1, 0.15) is 12.1 Å². The van der Waals surface area contributed by atoms with Gasteiger partial charge in [0.2, 0.25) is 17.7 Å². The molecule has 5 amide bonds. The molecule has 2 rings (SSSR count). The zero-order valence-electron chi connectivity index (χ0n) is 18.2. The Kier molecular flexibility index (Phi) is 7.13. The van der Waals surface area contributed by atoms with Crippen LogP contribution in [0.15, 0.2) is 0 Å². The highest BCUT2D eigenvalue weighted by Gasteiger charge is 2.45. The molecule has 0 aromatic heterocycles. The molecule has 0 aliphatic carbocycles. The highest BCUT2D eigenvalue weighted by atomic mass is 16.2. The van der Waals surface area contributed by atoms with Gasteiger partial charge >= 0.3 is 6.03 Å². The van der Waals surface area contributed by atoms with Gasteiger partial charge < -0.3 is 26.2 Å². The number of rotatable bonds is 5. The molecule has 4 N–H and O–H groups in total. The van der Waals surface area contributed by atoms with Crippen LogP contribution in [0.1, 0.15) is 60.3 Å². The van der Waals surface area contributed by atoms with Crippen molar-refractivity contribution in [2.75, 3.05) is 13.1 Å². The number of primary amides is 1. The summed E-state index contributed by atoms with van der Waals surface area (Å²) in [6.45, 7) is 10.3. The molecule has 2 saturated heterocycles. The maximum absolute atomic E-state index is 13.2. The van der Waals surface area contributed by atoms with Gasteiger partial charge in [-0.2, -0.15) is 0 Å². The van der Waals surface area contributed by atoms with Crippen LogP contribution in [-0.2, 0) is 14.4 Å². The molecule has 164 valence electrons. The molecule has 9 heteroatoms. The van der Waals surface area contributed by atoms with Gasteiger partial charge in [-0.05, 0) is 38.5 Å². The van der Waals surface area contributed by atoms with E-state index in [0.717, 1.165) is 0 Å². The lowest BCUT2D eigenvalue weighted by molar-refractivity contribution is -0.146. The second-order valence-electron chi connectivity index (χ2n) is 9.60. The summed E-state index contributed by atoms with van der Waals surface area (Å²) in [5, 5.41) is 5.62. The van der Waals surface area contributed by atoms with E-state index >= 15 is 0 Å². The van der Waals surface area contributed by atoms with E-state index < -0.39 is 18.0 Å². The van der Waals surface area contributed by atoms with Crippen LogP contribution in [0.3, 0.4) is 0 Å². The number of nitrogens with two attached hydrogens (primary N) is 1. The third-order valence-electron chi connectivity index (χ3n) is 5.21. The number of nitrogens with one attached hydrogen (secondary N) is 2. The minimum absolute atomic E-state index is 0.0200. The van der Waals surface area contributed by atoms with Crippen molar-refractivity contribution in [2.45, 2.75) is 84.5 Å². The van der Waals surface area contributed by atoms with Crippen LogP contribution < -0.4 is 16.4 Å². The third-order valence-corrected chi connectivity index (χ3v) is 5.21. The van der Waals surface area contributed by atoms with Gasteiger partial charge in [0, 0.05) is 25.6 Å². The van der Waals surface area contributed by atoms with E-state index in [-0.39, 0.29) is 41.9 Å². The summed E-state index contributed by atoms with van der Waals surface area (Å²) in [7, 11) is 0. The predicted octanol–water partition coefficient (Wildman–Crippen LogP) is 0.576. The predicted molar refractivity (Wildman–Crippen MR) is 109 cm³/mol. The Hall–Kier alpha value is -2.32. The smallest absolute Gasteiger partial charge is 0.315 e. The fraction of sp³-hybridized carbons (Fsp3) is 0.800. The normalized spacial score (nSPS) is 24.7. The van der Waals surface area contributed by atoms with Crippen LogP contribution in [0.25, 0.3) is 0 Å². The van der Waals surface area contributed by atoms with E-state index in [1.165, 1.54) is 4.90 Å². The Labute approximate surface area is 172 Å². The Morgan fingerprint density at radius 1 is 1.10 bits per heavy atom.